The molecule has 0 radical (unpaired) electrons. The molecule has 0 aliphatic carbocycles. The van der Waals surface area contributed by atoms with E-state index in [1.54, 1.807) is 4.90 Å². The van der Waals surface area contributed by atoms with Crippen molar-refractivity contribution in [3.05, 3.63) is 30.3 Å². The zero-order valence-electron chi connectivity index (χ0n) is 11.0. The Morgan fingerprint density at radius 3 is 2.89 bits per heavy atom. The standard InChI is InChI=1S/C14H18N2O2S/c1-11-9-15-13(17)7-8-16(11)14(18)10-19-12-5-3-2-4-6-12/h2-6,11H,7-10H2,1H3,(H,15,17)/t11-/m1/s1. The molecule has 1 aliphatic rings. The number of hydrogen-bond donors (Lipinski definition) is 1. The van der Waals surface area contributed by atoms with Crippen LogP contribution < -0.4 is 5.32 Å². The van der Waals surface area contributed by atoms with E-state index in [9.17, 15) is 9.59 Å². The van der Waals surface area contributed by atoms with Gasteiger partial charge in [-0.1, -0.05) is 18.2 Å². The van der Waals surface area contributed by atoms with Crippen molar-refractivity contribution in [1.82, 2.24) is 10.2 Å². The van der Waals surface area contributed by atoms with Crippen molar-refractivity contribution in [2.24, 2.45) is 0 Å². The number of nitrogens with zero attached hydrogens (tertiary/aromatic N) is 1. The summed E-state index contributed by atoms with van der Waals surface area (Å²) in [6, 6.07) is 9.94. The largest absolute Gasteiger partial charge is 0.354 e. The van der Waals surface area contributed by atoms with Crippen LogP contribution in [0.15, 0.2) is 35.2 Å². The first-order valence-corrected chi connectivity index (χ1v) is 7.39. The molecule has 1 heterocycles. The zero-order chi connectivity index (χ0) is 13.7. The first-order valence-electron chi connectivity index (χ1n) is 6.41. The first kappa shape index (κ1) is 13.9. The van der Waals surface area contributed by atoms with Crippen molar-refractivity contribution in [2.75, 3.05) is 18.8 Å². The Hall–Kier alpha value is -1.49. The smallest absolute Gasteiger partial charge is 0.233 e. The molecule has 0 aromatic heterocycles. The van der Waals surface area contributed by atoms with Gasteiger partial charge >= 0.3 is 0 Å². The normalized spacial score (nSPS) is 19.7. The summed E-state index contributed by atoms with van der Waals surface area (Å²) in [6.45, 7) is 3.03. The summed E-state index contributed by atoms with van der Waals surface area (Å²) in [5, 5.41) is 2.81. The number of benzene rings is 1. The molecule has 1 fully saturated rings. The maximum Gasteiger partial charge on any atom is 0.233 e. The molecule has 1 aliphatic heterocycles. The van der Waals surface area contributed by atoms with Gasteiger partial charge in [0.2, 0.25) is 11.8 Å². The van der Waals surface area contributed by atoms with Crippen LogP contribution in [-0.4, -0.2) is 41.6 Å². The van der Waals surface area contributed by atoms with Crippen LogP contribution >= 0.6 is 11.8 Å². The van der Waals surface area contributed by atoms with E-state index in [-0.39, 0.29) is 17.9 Å². The molecule has 1 N–H and O–H groups in total. The highest BCUT2D eigenvalue weighted by atomic mass is 32.2. The van der Waals surface area contributed by atoms with Gasteiger partial charge in [0.05, 0.1) is 5.75 Å². The van der Waals surface area contributed by atoms with Crippen LogP contribution in [0.1, 0.15) is 13.3 Å². The van der Waals surface area contributed by atoms with Crippen molar-refractivity contribution in [1.29, 1.82) is 0 Å². The number of amides is 2. The highest BCUT2D eigenvalue weighted by molar-refractivity contribution is 8.00. The molecule has 2 amide bonds. The molecule has 1 aromatic rings. The lowest BCUT2D eigenvalue weighted by molar-refractivity contribution is -0.130. The molecule has 2 rings (SSSR count). The highest BCUT2D eigenvalue weighted by Gasteiger charge is 2.24. The molecule has 0 unspecified atom stereocenters. The number of thioether (sulfide) groups is 1. The lowest BCUT2D eigenvalue weighted by atomic mass is 10.3. The fourth-order valence-corrected chi connectivity index (χ4v) is 2.82. The molecule has 0 saturated carbocycles. The minimum Gasteiger partial charge on any atom is -0.354 e. The van der Waals surface area contributed by atoms with E-state index in [2.05, 4.69) is 5.32 Å². The zero-order valence-corrected chi connectivity index (χ0v) is 11.8. The van der Waals surface area contributed by atoms with Crippen LogP contribution in [0.5, 0.6) is 0 Å². The van der Waals surface area contributed by atoms with E-state index in [4.69, 9.17) is 0 Å². The number of hydrogen-bond acceptors (Lipinski definition) is 3. The Morgan fingerprint density at radius 2 is 2.16 bits per heavy atom. The van der Waals surface area contributed by atoms with Gasteiger partial charge in [-0.3, -0.25) is 9.59 Å². The number of nitrogens with one attached hydrogen (secondary N) is 1. The van der Waals surface area contributed by atoms with E-state index < -0.39 is 0 Å². The third-order valence-electron chi connectivity index (χ3n) is 3.13. The van der Waals surface area contributed by atoms with Crippen LogP contribution in [0.4, 0.5) is 0 Å². The molecule has 0 spiro atoms. The van der Waals surface area contributed by atoms with Crippen molar-refractivity contribution in [3.63, 3.8) is 0 Å². The second kappa shape index (κ2) is 6.61. The van der Waals surface area contributed by atoms with Gasteiger partial charge in [-0.05, 0) is 19.1 Å². The molecule has 1 saturated heterocycles. The lowest BCUT2D eigenvalue weighted by Crippen LogP contribution is -2.42. The number of carbonyl (C=O) groups is 2. The molecule has 5 heteroatoms. The summed E-state index contributed by atoms with van der Waals surface area (Å²) in [7, 11) is 0. The number of carbonyl (C=O) groups excluding carboxylic acids is 2. The molecule has 19 heavy (non-hydrogen) atoms. The van der Waals surface area contributed by atoms with Crippen LogP contribution in [0.3, 0.4) is 0 Å². The summed E-state index contributed by atoms with van der Waals surface area (Å²) < 4.78 is 0. The third kappa shape index (κ3) is 3.99. The topological polar surface area (TPSA) is 49.4 Å². The van der Waals surface area contributed by atoms with E-state index in [1.165, 1.54) is 11.8 Å². The maximum absolute atomic E-state index is 12.2. The summed E-state index contributed by atoms with van der Waals surface area (Å²) in [5.41, 5.74) is 0. The van der Waals surface area contributed by atoms with Gasteiger partial charge in [0.25, 0.3) is 0 Å². The van der Waals surface area contributed by atoms with Gasteiger partial charge in [0.15, 0.2) is 0 Å². The van der Waals surface area contributed by atoms with E-state index in [0.717, 1.165) is 4.90 Å². The second-order valence-corrected chi connectivity index (χ2v) is 5.64. The van der Waals surface area contributed by atoms with Gasteiger partial charge < -0.3 is 10.2 Å². The van der Waals surface area contributed by atoms with Gasteiger partial charge in [-0.2, -0.15) is 0 Å². The molecule has 1 aromatic carbocycles. The number of rotatable bonds is 3. The Kier molecular flexibility index (Phi) is 4.85. The minimum absolute atomic E-state index is 0.0258. The summed E-state index contributed by atoms with van der Waals surface area (Å²) in [6.07, 6.45) is 0.395. The Morgan fingerprint density at radius 1 is 1.42 bits per heavy atom. The molecule has 1 atom stereocenters. The highest BCUT2D eigenvalue weighted by Crippen LogP contribution is 2.18. The van der Waals surface area contributed by atoms with Crippen LogP contribution in [0, 0.1) is 0 Å². The van der Waals surface area contributed by atoms with Gasteiger partial charge in [0.1, 0.15) is 0 Å². The van der Waals surface area contributed by atoms with Gasteiger partial charge in [-0.15, -0.1) is 11.8 Å². The maximum atomic E-state index is 12.2. The van der Waals surface area contributed by atoms with E-state index in [0.29, 0.717) is 25.3 Å². The Labute approximate surface area is 117 Å². The first-order chi connectivity index (χ1) is 9.16. The quantitative estimate of drug-likeness (QED) is 0.853. The summed E-state index contributed by atoms with van der Waals surface area (Å²) in [4.78, 5) is 26.4. The fraction of sp³-hybridized carbons (Fsp3) is 0.429. The monoisotopic (exact) mass is 278 g/mol. The molecule has 102 valence electrons. The molecule has 0 bridgehead atoms. The summed E-state index contributed by atoms with van der Waals surface area (Å²) in [5.74, 6) is 0.540. The average Bonchev–Trinajstić information content (AvgIpc) is 2.60. The van der Waals surface area contributed by atoms with Gasteiger partial charge in [-0.25, -0.2) is 0 Å². The predicted octanol–water partition coefficient (Wildman–Crippen LogP) is 1.52. The van der Waals surface area contributed by atoms with Gasteiger partial charge in [0, 0.05) is 30.4 Å². The van der Waals surface area contributed by atoms with Crippen LogP contribution in [-0.2, 0) is 9.59 Å². The van der Waals surface area contributed by atoms with E-state index >= 15 is 0 Å². The summed E-state index contributed by atoms with van der Waals surface area (Å²) >= 11 is 1.54. The SMILES string of the molecule is C[C@@H]1CNC(=O)CCN1C(=O)CSc1ccccc1. The van der Waals surface area contributed by atoms with Crippen molar-refractivity contribution < 1.29 is 9.59 Å². The molecule has 4 nitrogen and oxygen atoms in total. The van der Waals surface area contributed by atoms with Crippen molar-refractivity contribution >= 4 is 23.6 Å². The molecular weight excluding hydrogens is 260 g/mol. The van der Waals surface area contributed by atoms with E-state index in [1.807, 2.05) is 37.3 Å². The lowest BCUT2D eigenvalue weighted by Gasteiger charge is -2.26. The van der Waals surface area contributed by atoms with Crippen molar-refractivity contribution in [3.8, 4) is 0 Å². The molecular formula is C14H18N2O2S. The minimum atomic E-state index is 0.0258. The van der Waals surface area contributed by atoms with Crippen LogP contribution in [0.25, 0.3) is 0 Å². The average molecular weight is 278 g/mol. The fourth-order valence-electron chi connectivity index (χ4n) is 2.02. The van der Waals surface area contributed by atoms with Crippen LogP contribution in [0.2, 0.25) is 0 Å². The van der Waals surface area contributed by atoms with Crippen molar-refractivity contribution in [2.45, 2.75) is 24.3 Å². The second-order valence-electron chi connectivity index (χ2n) is 4.59. The Balaban J connectivity index is 1.90. The predicted molar refractivity (Wildman–Crippen MR) is 76.0 cm³/mol. The third-order valence-corrected chi connectivity index (χ3v) is 4.13. The Bertz CT molecular complexity index is 450.